The van der Waals surface area contributed by atoms with Crippen molar-refractivity contribution in [3.8, 4) is 5.75 Å². The Morgan fingerprint density at radius 3 is 2.22 bits per heavy atom. The van der Waals surface area contributed by atoms with Crippen molar-refractivity contribution in [3.63, 3.8) is 0 Å². The highest BCUT2D eigenvalue weighted by molar-refractivity contribution is 7.92. The topological polar surface area (TPSA) is 55.4 Å². The Balaban J connectivity index is 2.35. The molecule has 2 aromatic rings. The molecule has 0 heterocycles. The second kappa shape index (κ2) is 6.63. The van der Waals surface area contributed by atoms with E-state index in [2.05, 4.69) is 4.74 Å². The van der Waals surface area contributed by atoms with Gasteiger partial charge in [0.15, 0.2) is 0 Å². The Labute approximate surface area is 133 Å². The van der Waals surface area contributed by atoms with Crippen LogP contribution in [0.15, 0.2) is 41.3 Å². The van der Waals surface area contributed by atoms with E-state index in [1.165, 1.54) is 0 Å². The summed E-state index contributed by atoms with van der Waals surface area (Å²) in [6, 6.07) is 5.43. The number of nitrogens with one attached hydrogen (secondary N) is 1. The first-order chi connectivity index (χ1) is 10.7. The Bertz CT molecular complexity index is 810. The van der Waals surface area contributed by atoms with Crippen molar-refractivity contribution in [3.05, 3.63) is 53.1 Å². The van der Waals surface area contributed by atoms with E-state index in [0.717, 1.165) is 36.4 Å². The van der Waals surface area contributed by atoms with Gasteiger partial charge in [-0.3, -0.25) is 4.72 Å². The van der Waals surface area contributed by atoms with Gasteiger partial charge in [-0.05, 0) is 30.3 Å². The van der Waals surface area contributed by atoms with Gasteiger partial charge >= 0.3 is 6.61 Å². The first kappa shape index (κ1) is 17.4. The van der Waals surface area contributed by atoms with Crippen molar-refractivity contribution >= 4 is 27.3 Å². The van der Waals surface area contributed by atoms with Crippen molar-refractivity contribution < 1.29 is 30.7 Å². The molecule has 0 spiro atoms. The molecule has 0 aliphatic heterocycles. The summed E-state index contributed by atoms with van der Waals surface area (Å²) >= 11 is 5.65. The van der Waals surface area contributed by atoms with Crippen LogP contribution in [0, 0.1) is 11.6 Å². The van der Waals surface area contributed by atoms with E-state index in [4.69, 9.17) is 11.6 Å². The second-order valence-electron chi connectivity index (χ2n) is 4.17. The van der Waals surface area contributed by atoms with Gasteiger partial charge in [0, 0.05) is 0 Å². The molecule has 0 saturated carbocycles. The van der Waals surface area contributed by atoms with Crippen LogP contribution in [-0.4, -0.2) is 15.0 Å². The summed E-state index contributed by atoms with van der Waals surface area (Å²) < 4.78 is 81.2. The Hall–Kier alpha value is -2.00. The number of alkyl halides is 2. The largest absolute Gasteiger partial charge is 0.433 e. The van der Waals surface area contributed by atoms with E-state index in [0.29, 0.717) is 0 Å². The van der Waals surface area contributed by atoms with Gasteiger partial charge in [0.05, 0.1) is 9.92 Å². The molecule has 0 fully saturated rings. The summed E-state index contributed by atoms with van der Waals surface area (Å²) in [6.45, 7) is -3.14. The number of para-hydroxylation sites is 1. The summed E-state index contributed by atoms with van der Waals surface area (Å²) in [7, 11) is -4.38. The van der Waals surface area contributed by atoms with E-state index < -0.39 is 49.6 Å². The average Bonchev–Trinajstić information content (AvgIpc) is 2.45. The number of benzene rings is 2. The summed E-state index contributed by atoms with van der Waals surface area (Å²) in [6.07, 6.45) is 0. The summed E-state index contributed by atoms with van der Waals surface area (Å²) in [5.74, 6) is -2.66. The van der Waals surface area contributed by atoms with Crippen LogP contribution in [0.4, 0.5) is 23.2 Å². The SMILES string of the molecule is O=S(=O)(Nc1c(F)cccc1F)c1ccc(OC(F)F)c(Cl)c1. The predicted molar refractivity (Wildman–Crippen MR) is 75.3 cm³/mol. The van der Waals surface area contributed by atoms with Gasteiger partial charge in [0.2, 0.25) is 0 Å². The molecular formula is C13H8ClF4NO3S. The molecule has 10 heteroatoms. The molecule has 2 rings (SSSR count). The fraction of sp³-hybridized carbons (Fsp3) is 0.0769. The van der Waals surface area contributed by atoms with Crippen LogP contribution < -0.4 is 9.46 Å². The molecule has 23 heavy (non-hydrogen) atoms. The van der Waals surface area contributed by atoms with Crippen LogP contribution in [0.1, 0.15) is 0 Å². The Kier molecular flexibility index (Phi) is 5.00. The molecule has 4 nitrogen and oxygen atoms in total. The number of hydrogen-bond acceptors (Lipinski definition) is 3. The van der Waals surface area contributed by atoms with E-state index in [9.17, 15) is 26.0 Å². The van der Waals surface area contributed by atoms with Crippen molar-refractivity contribution in [2.75, 3.05) is 4.72 Å². The fourth-order valence-electron chi connectivity index (χ4n) is 1.63. The van der Waals surface area contributed by atoms with Gasteiger partial charge in [-0.25, -0.2) is 17.2 Å². The maximum Gasteiger partial charge on any atom is 0.387 e. The normalized spacial score (nSPS) is 11.6. The third-order valence-electron chi connectivity index (χ3n) is 2.63. The van der Waals surface area contributed by atoms with E-state index in [1.807, 2.05) is 0 Å². The van der Waals surface area contributed by atoms with Gasteiger partial charge < -0.3 is 4.74 Å². The molecule has 0 radical (unpaired) electrons. The third-order valence-corrected chi connectivity index (χ3v) is 4.27. The predicted octanol–water partition coefficient (Wildman–Crippen LogP) is 4.02. The lowest BCUT2D eigenvalue weighted by Crippen LogP contribution is -2.15. The van der Waals surface area contributed by atoms with E-state index in [-0.39, 0.29) is 0 Å². The zero-order valence-corrected chi connectivity index (χ0v) is 12.6. The second-order valence-corrected chi connectivity index (χ2v) is 6.26. The monoisotopic (exact) mass is 369 g/mol. The van der Waals surface area contributed by atoms with Crippen molar-refractivity contribution in [1.29, 1.82) is 0 Å². The van der Waals surface area contributed by atoms with Crippen molar-refractivity contribution in [1.82, 2.24) is 0 Å². The maximum absolute atomic E-state index is 13.5. The molecule has 0 bridgehead atoms. The Morgan fingerprint density at radius 1 is 1.09 bits per heavy atom. The summed E-state index contributed by atoms with van der Waals surface area (Å²) in [4.78, 5) is -0.480. The van der Waals surface area contributed by atoms with Crippen LogP contribution >= 0.6 is 11.6 Å². The van der Waals surface area contributed by atoms with Crippen LogP contribution in [0.25, 0.3) is 0 Å². The zero-order valence-electron chi connectivity index (χ0n) is 11.1. The number of halogens is 5. The Morgan fingerprint density at radius 2 is 1.70 bits per heavy atom. The van der Waals surface area contributed by atoms with Crippen molar-refractivity contribution in [2.24, 2.45) is 0 Å². The third kappa shape index (κ3) is 4.05. The molecule has 0 aliphatic rings. The molecule has 0 aromatic heterocycles. The summed E-state index contributed by atoms with van der Waals surface area (Å²) in [5, 5.41) is -0.401. The molecule has 0 atom stereocenters. The van der Waals surface area contributed by atoms with Crippen molar-refractivity contribution in [2.45, 2.75) is 11.5 Å². The minimum absolute atomic E-state index is 0.401. The average molecular weight is 370 g/mol. The van der Waals surface area contributed by atoms with Crippen LogP contribution in [-0.2, 0) is 10.0 Å². The minimum Gasteiger partial charge on any atom is -0.433 e. The zero-order chi connectivity index (χ0) is 17.2. The number of anilines is 1. The molecule has 124 valence electrons. The molecule has 0 amide bonds. The molecule has 2 aromatic carbocycles. The quantitative estimate of drug-likeness (QED) is 0.810. The van der Waals surface area contributed by atoms with Gasteiger partial charge in [-0.1, -0.05) is 17.7 Å². The molecular weight excluding hydrogens is 362 g/mol. The molecule has 1 N–H and O–H groups in total. The highest BCUT2D eigenvalue weighted by Gasteiger charge is 2.21. The van der Waals surface area contributed by atoms with Gasteiger partial charge in [0.25, 0.3) is 10.0 Å². The van der Waals surface area contributed by atoms with Gasteiger partial charge in [0.1, 0.15) is 23.1 Å². The van der Waals surface area contributed by atoms with Gasteiger partial charge in [-0.15, -0.1) is 0 Å². The summed E-state index contributed by atoms with van der Waals surface area (Å²) in [5.41, 5.74) is -0.864. The lowest BCUT2D eigenvalue weighted by atomic mass is 10.3. The number of sulfonamides is 1. The number of rotatable bonds is 5. The fourth-order valence-corrected chi connectivity index (χ4v) is 3.02. The van der Waals surface area contributed by atoms with Crippen LogP contribution in [0.2, 0.25) is 5.02 Å². The lowest BCUT2D eigenvalue weighted by Gasteiger charge is -2.11. The minimum atomic E-state index is -4.38. The lowest BCUT2D eigenvalue weighted by molar-refractivity contribution is -0.0498. The van der Waals surface area contributed by atoms with E-state index >= 15 is 0 Å². The highest BCUT2D eigenvalue weighted by atomic mass is 35.5. The van der Waals surface area contributed by atoms with Crippen LogP contribution in [0.3, 0.4) is 0 Å². The van der Waals surface area contributed by atoms with Gasteiger partial charge in [-0.2, -0.15) is 8.78 Å². The first-order valence-corrected chi connectivity index (χ1v) is 7.78. The van der Waals surface area contributed by atoms with E-state index in [1.54, 1.807) is 4.72 Å². The standard InChI is InChI=1S/C13H8ClF4NO3S/c14-8-6-7(4-5-11(8)22-13(17)18)23(20,21)19-12-9(15)2-1-3-10(12)16/h1-6,13,19H. The number of ether oxygens (including phenoxy) is 1. The molecule has 0 saturated heterocycles. The molecule has 0 aliphatic carbocycles. The first-order valence-electron chi connectivity index (χ1n) is 5.92. The number of hydrogen-bond donors (Lipinski definition) is 1. The van der Waals surface area contributed by atoms with Crippen LogP contribution in [0.5, 0.6) is 5.75 Å². The molecule has 0 unspecified atom stereocenters. The highest BCUT2D eigenvalue weighted by Crippen LogP contribution is 2.30. The smallest absolute Gasteiger partial charge is 0.387 e. The maximum atomic E-state index is 13.5.